The number of hydrogen-bond donors (Lipinski definition) is 1. The van der Waals surface area contributed by atoms with E-state index in [1.807, 2.05) is 0 Å². The van der Waals surface area contributed by atoms with Crippen LogP contribution >= 0.6 is 0 Å². The molecule has 1 saturated carbocycles. The molecule has 3 atom stereocenters. The van der Waals surface area contributed by atoms with E-state index in [1.54, 1.807) is 0 Å². The fourth-order valence-corrected chi connectivity index (χ4v) is 2.77. The minimum atomic E-state index is 0.755. The van der Waals surface area contributed by atoms with Crippen molar-refractivity contribution in [1.82, 2.24) is 10.2 Å². The van der Waals surface area contributed by atoms with E-state index in [4.69, 9.17) is 0 Å². The van der Waals surface area contributed by atoms with Crippen LogP contribution in [0.3, 0.4) is 0 Å². The van der Waals surface area contributed by atoms with Gasteiger partial charge in [-0.25, -0.2) is 0 Å². The maximum absolute atomic E-state index is 3.86. The van der Waals surface area contributed by atoms with Crippen LogP contribution in [-0.2, 0) is 0 Å². The normalized spacial score (nSPS) is 27.6. The van der Waals surface area contributed by atoms with E-state index in [-0.39, 0.29) is 0 Å². The van der Waals surface area contributed by atoms with Gasteiger partial charge in [-0.2, -0.15) is 0 Å². The summed E-state index contributed by atoms with van der Waals surface area (Å²) in [5, 5.41) is 3.86. The molecule has 1 aliphatic rings. The van der Waals surface area contributed by atoms with Crippen molar-refractivity contribution in [3.8, 4) is 0 Å². The second-order valence-corrected chi connectivity index (χ2v) is 5.54. The molecule has 2 nitrogen and oxygen atoms in total. The van der Waals surface area contributed by atoms with Gasteiger partial charge in [0.25, 0.3) is 0 Å². The van der Waals surface area contributed by atoms with Crippen LogP contribution in [0.1, 0.15) is 58.8 Å². The SMILES string of the molecule is CCCCC(CC)NC1CCC(N(C)C)C1. The number of nitrogens with zero attached hydrogens (tertiary/aromatic N) is 1. The van der Waals surface area contributed by atoms with E-state index in [0.717, 1.165) is 18.1 Å². The molecule has 1 N–H and O–H groups in total. The summed E-state index contributed by atoms with van der Waals surface area (Å²) in [6, 6.07) is 2.33. The molecule has 2 heteroatoms. The van der Waals surface area contributed by atoms with Gasteiger partial charge in [-0.05, 0) is 46.2 Å². The van der Waals surface area contributed by atoms with Gasteiger partial charge in [0.05, 0.1) is 0 Å². The van der Waals surface area contributed by atoms with Crippen molar-refractivity contribution in [1.29, 1.82) is 0 Å². The molecule has 0 amide bonds. The zero-order valence-corrected chi connectivity index (χ0v) is 11.6. The Balaban J connectivity index is 2.25. The monoisotopic (exact) mass is 226 g/mol. The lowest BCUT2D eigenvalue weighted by Gasteiger charge is -2.23. The van der Waals surface area contributed by atoms with Gasteiger partial charge in [-0.3, -0.25) is 0 Å². The van der Waals surface area contributed by atoms with Gasteiger partial charge in [0.2, 0.25) is 0 Å². The second-order valence-electron chi connectivity index (χ2n) is 5.54. The highest BCUT2D eigenvalue weighted by atomic mass is 15.1. The average Bonchev–Trinajstić information content (AvgIpc) is 2.72. The lowest BCUT2D eigenvalue weighted by Crippen LogP contribution is -2.37. The minimum Gasteiger partial charge on any atom is -0.311 e. The molecule has 0 saturated heterocycles. The van der Waals surface area contributed by atoms with Gasteiger partial charge < -0.3 is 10.2 Å². The summed E-state index contributed by atoms with van der Waals surface area (Å²) in [4.78, 5) is 2.38. The summed E-state index contributed by atoms with van der Waals surface area (Å²) in [5.74, 6) is 0. The Morgan fingerprint density at radius 2 is 2.00 bits per heavy atom. The van der Waals surface area contributed by atoms with E-state index in [9.17, 15) is 0 Å². The molecule has 0 aromatic carbocycles. The Kier molecular flexibility index (Phi) is 6.37. The number of nitrogens with one attached hydrogen (secondary N) is 1. The van der Waals surface area contributed by atoms with Crippen LogP contribution in [0.2, 0.25) is 0 Å². The topological polar surface area (TPSA) is 15.3 Å². The molecule has 0 aromatic rings. The van der Waals surface area contributed by atoms with Crippen molar-refractivity contribution < 1.29 is 0 Å². The molecule has 1 aliphatic carbocycles. The van der Waals surface area contributed by atoms with Crippen LogP contribution in [0.4, 0.5) is 0 Å². The number of rotatable bonds is 7. The van der Waals surface area contributed by atoms with Crippen LogP contribution in [0.15, 0.2) is 0 Å². The third kappa shape index (κ3) is 4.42. The molecule has 0 aromatic heterocycles. The van der Waals surface area contributed by atoms with Crippen molar-refractivity contribution in [2.24, 2.45) is 0 Å². The number of unbranched alkanes of at least 4 members (excludes halogenated alkanes) is 1. The fraction of sp³-hybridized carbons (Fsp3) is 1.00. The third-order valence-corrected chi connectivity index (χ3v) is 4.01. The quantitative estimate of drug-likeness (QED) is 0.718. The maximum atomic E-state index is 3.86. The molecule has 16 heavy (non-hydrogen) atoms. The Bertz CT molecular complexity index is 180. The Morgan fingerprint density at radius 3 is 2.50 bits per heavy atom. The first-order valence-electron chi connectivity index (χ1n) is 7.09. The van der Waals surface area contributed by atoms with Crippen molar-refractivity contribution in [3.05, 3.63) is 0 Å². The Labute approximate surface area is 102 Å². The predicted molar refractivity (Wildman–Crippen MR) is 71.9 cm³/mol. The van der Waals surface area contributed by atoms with Gasteiger partial charge in [-0.1, -0.05) is 26.7 Å². The second kappa shape index (κ2) is 7.29. The van der Waals surface area contributed by atoms with Crippen LogP contribution in [0.5, 0.6) is 0 Å². The van der Waals surface area contributed by atoms with Crippen molar-refractivity contribution >= 4 is 0 Å². The van der Waals surface area contributed by atoms with Crippen LogP contribution in [0.25, 0.3) is 0 Å². The van der Waals surface area contributed by atoms with Gasteiger partial charge >= 0.3 is 0 Å². The van der Waals surface area contributed by atoms with E-state index >= 15 is 0 Å². The fourth-order valence-electron chi connectivity index (χ4n) is 2.77. The lowest BCUT2D eigenvalue weighted by atomic mass is 10.1. The highest BCUT2D eigenvalue weighted by molar-refractivity contribution is 4.86. The largest absolute Gasteiger partial charge is 0.311 e. The molecule has 0 bridgehead atoms. The first-order chi connectivity index (χ1) is 7.67. The van der Waals surface area contributed by atoms with Crippen molar-refractivity contribution in [2.45, 2.75) is 76.9 Å². The molecule has 1 rings (SSSR count). The van der Waals surface area contributed by atoms with E-state index in [2.05, 4.69) is 38.2 Å². The van der Waals surface area contributed by atoms with E-state index in [0.29, 0.717) is 0 Å². The van der Waals surface area contributed by atoms with Crippen LogP contribution in [0, 0.1) is 0 Å². The first kappa shape index (κ1) is 14.0. The summed E-state index contributed by atoms with van der Waals surface area (Å²) in [7, 11) is 4.42. The molecule has 0 radical (unpaired) electrons. The Hall–Kier alpha value is -0.0800. The lowest BCUT2D eigenvalue weighted by molar-refractivity contribution is 0.288. The van der Waals surface area contributed by atoms with Crippen molar-refractivity contribution in [3.63, 3.8) is 0 Å². The molecular formula is C14H30N2. The average molecular weight is 226 g/mol. The molecule has 1 fully saturated rings. The van der Waals surface area contributed by atoms with Gasteiger partial charge in [0.15, 0.2) is 0 Å². The summed E-state index contributed by atoms with van der Waals surface area (Å²) in [6.45, 7) is 4.59. The molecule has 0 aliphatic heterocycles. The van der Waals surface area contributed by atoms with Crippen LogP contribution < -0.4 is 5.32 Å². The maximum Gasteiger partial charge on any atom is 0.0105 e. The number of hydrogen-bond acceptors (Lipinski definition) is 2. The van der Waals surface area contributed by atoms with Gasteiger partial charge in [0.1, 0.15) is 0 Å². The predicted octanol–water partition coefficient (Wildman–Crippen LogP) is 3.03. The summed E-state index contributed by atoms with van der Waals surface area (Å²) >= 11 is 0. The zero-order valence-electron chi connectivity index (χ0n) is 11.6. The van der Waals surface area contributed by atoms with E-state index < -0.39 is 0 Å². The molecular weight excluding hydrogens is 196 g/mol. The van der Waals surface area contributed by atoms with Crippen LogP contribution in [-0.4, -0.2) is 37.1 Å². The zero-order chi connectivity index (χ0) is 12.0. The van der Waals surface area contributed by atoms with Gasteiger partial charge in [0, 0.05) is 18.1 Å². The summed E-state index contributed by atoms with van der Waals surface area (Å²) < 4.78 is 0. The minimum absolute atomic E-state index is 0.755. The van der Waals surface area contributed by atoms with Crippen molar-refractivity contribution in [2.75, 3.05) is 14.1 Å². The highest BCUT2D eigenvalue weighted by Crippen LogP contribution is 2.23. The molecule has 3 unspecified atom stereocenters. The molecule has 0 spiro atoms. The highest BCUT2D eigenvalue weighted by Gasteiger charge is 2.26. The molecule has 0 heterocycles. The smallest absolute Gasteiger partial charge is 0.0105 e. The van der Waals surface area contributed by atoms with Gasteiger partial charge in [-0.15, -0.1) is 0 Å². The Morgan fingerprint density at radius 1 is 1.25 bits per heavy atom. The third-order valence-electron chi connectivity index (χ3n) is 4.01. The first-order valence-corrected chi connectivity index (χ1v) is 7.09. The molecule has 96 valence electrons. The standard InChI is InChI=1S/C14H30N2/c1-5-7-8-12(6-2)15-13-9-10-14(11-13)16(3)4/h12-15H,5-11H2,1-4H3. The summed E-state index contributed by atoms with van der Waals surface area (Å²) in [6.07, 6.45) is 9.41. The summed E-state index contributed by atoms with van der Waals surface area (Å²) in [5.41, 5.74) is 0. The van der Waals surface area contributed by atoms with E-state index in [1.165, 1.54) is 44.9 Å².